The number of nitrogens with one attached hydrogen (secondary N) is 1. The van der Waals surface area contributed by atoms with Gasteiger partial charge in [-0.05, 0) is 44.2 Å². The molecule has 0 aliphatic rings. The second-order valence-corrected chi connectivity index (χ2v) is 4.37. The van der Waals surface area contributed by atoms with Crippen LogP contribution in [0.15, 0.2) is 24.3 Å². The van der Waals surface area contributed by atoms with Crippen molar-refractivity contribution in [2.45, 2.75) is 26.2 Å². The molecule has 0 radical (unpaired) electrons. The highest BCUT2D eigenvalue weighted by atomic mass is 35.5. The Morgan fingerprint density at radius 1 is 1.19 bits per heavy atom. The summed E-state index contributed by atoms with van der Waals surface area (Å²) in [4.78, 5) is 23.4. The van der Waals surface area contributed by atoms with Crippen molar-refractivity contribution in [3.63, 3.8) is 0 Å². The number of nitrogens with two attached hydrogens (primary N) is 1. The second-order valence-electron chi connectivity index (χ2n) is 4.37. The van der Waals surface area contributed by atoms with Gasteiger partial charge >= 0.3 is 0 Å². The van der Waals surface area contributed by atoms with E-state index in [-0.39, 0.29) is 36.9 Å². The maximum Gasteiger partial charge on any atom is 0.220 e. The van der Waals surface area contributed by atoms with Crippen LogP contribution in [0.5, 0.6) is 5.75 Å². The van der Waals surface area contributed by atoms with Crippen LogP contribution in [0.3, 0.4) is 0 Å². The van der Waals surface area contributed by atoms with Gasteiger partial charge in [0.25, 0.3) is 0 Å². The zero-order chi connectivity index (χ0) is 14.8. The van der Waals surface area contributed by atoms with Crippen molar-refractivity contribution >= 4 is 24.1 Å². The number of rotatable bonds is 9. The van der Waals surface area contributed by atoms with Crippen LogP contribution in [0.25, 0.3) is 0 Å². The van der Waals surface area contributed by atoms with Gasteiger partial charge < -0.3 is 15.8 Å². The molecule has 0 aromatic heterocycles. The number of ketones is 1. The third-order valence-electron chi connectivity index (χ3n) is 2.77. The van der Waals surface area contributed by atoms with E-state index in [1.54, 1.807) is 24.3 Å². The Balaban J connectivity index is 0.00000400. The summed E-state index contributed by atoms with van der Waals surface area (Å²) in [6.07, 6.45) is 1.16. The molecule has 0 aliphatic carbocycles. The average Bonchev–Trinajstić information content (AvgIpc) is 2.46. The number of carbonyl (C=O) groups excluding carboxylic acids is 2. The first kappa shape index (κ1) is 19.4. The van der Waals surface area contributed by atoms with Crippen LogP contribution in [0, 0.1) is 0 Å². The summed E-state index contributed by atoms with van der Waals surface area (Å²) in [7, 11) is 0. The first-order valence-corrected chi connectivity index (χ1v) is 6.90. The Kier molecular flexibility index (Phi) is 10.3. The highest BCUT2D eigenvalue weighted by Crippen LogP contribution is 2.13. The van der Waals surface area contributed by atoms with Gasteiger partial charge in [0.05, 0.1) is 6.61 Å². The predicted octanol–water partition coefficient (Wildman–Crippen LogP) is 1.94. The maximum atomic E-state index is 11.9. The molecule has 1 aromatic rings. The number of ether oxygens (including phenoxy) is 1. The molecular formula is C15H23ClN2O3. The fraction of sp³-hybridized carbons (Fsp3) is 0.467. The summed E-state index contributed by atoms with van der Waals surface area (Å²) in [6, 6.07) is 6.97. The molecule has 0 bridgehead atoms. The van der Waals surface area contributed by atoms with Gasteiger partial charge in [0, 0.05) is 24.9 Å². The maximum absolute atomic E-state index is 11.9. The normalized spacial score (nSPS) is 9.62. The van der Waals surface area contributed by atoms with Gasteiger partial charge in [-0.25, -0.2) is 0 Å². The van der Waals surface area contributed by atoms with E-state index in [0.29, 0.717) is 25.3 Å². The Labute approximate surface area is 131 Å². The molecule has 1 aromatic carbocycles. The van der Waals surface area contributed by atoms with Crippen LogP contribution >= 0.6 is 12.4 Å². The monoisotopic (exact) mass is 314 g/mol. The molecule has 0 heterocycles. The Morgan fingerprint density at radius 2 is 1.86 bits per heavy atom. The lowest BCUT2D eigenvalue weighted by molar-refractivity contribution is -0.121. The Morgan fingerprint density at radius 3 is 2.43 bits per heavy atom. The van der Waals surface area contributed by atoms with Crippen LogP contribution in [-0.2, 0) is 4.79 Å². The number of Topliss-reactive ketones (excluding diaryl/α,β-unsaturated/α-hetero) is 1. The molecular weight excluding hydrogens is 292 g/mol. The predicted molar refractivity (Wildman–Crippen MR) is 85.1 cm³/mol. The topological polar surface area (TPSA) is 81.4 Å². The standard InChI is InChI=1S/C15H22N2O3.ClH/c1-2-20-13-6-4-12(5-7-13)14(18)8-9-15(19)17-11-3-10-16;/h4-7H,2-3,8-11,16H2,1H3,(H,17,19);1H. The van der Waals surface area contributed by atoms with E-state index >= 15 is 0 Å². The van der Waals surface area contributed by atoms with Crippen molar-refractivity contribution in [3.05, 3.63) is 29.8 Å². The van der Waals surface area contributed by atoms with Crippen molar-refractivity contribution in [2.75, 3.05) is 19.7 Å². The third-order valence-corrected chi connectivity index (χ3v) is 2.77. The first-order chi connectivity index (χ1) is 9.67. The molecule has 118 valence electrons. The van der Waals surface area contributed by atoms with Crippen LogP contribution in [0.1, 0.15) is 36.5 Å². The molecule has 1 rings (SSSR count). The van der Waals surface area contributed by atoms with Gasteiger partial charge in [0.15, 0.2) is 5.78 Å². The molecule has 0 aliphatic heterocycles. The van der Waals surface area contributed by atoms with Gasteiger partial charge in [-0.2, -0.15) is 0 Å². The summed E-state index contributed by atoms with van der Waals surface area (Å²) in [6.45, 7) is 3.61. The zero-order valence-corrected chi connectivity index (χ0v) is 13.1. The van der Waals surface area contributed by atoms with E-state index in [4.69, 9.17) is 10.5 Å². The minimum atomic E-state index is -0.113. The van der Waals surface area contributed by atoms with Crippen LogP contribution < -0.4 is 15.8 Å². The van der Waals surface area contributed by atoms with Crippen molar-refractivity contribution < 1.29 is 14.3 Å². The number of hydrogen-bond donors (Lipinski definition) is 2. The van der Waals surface area contributed by atoms with Gasteiger partial charge in [-0.1, -0.05) is 0 Å². The molecule has 5 nitrogen and oxygen atoms in total. The van der Waals surface area contributed by atoms with Crippen molar-refractivity contribution in [2.24, 2.45) is 5.73 Å². The van der Waals surface area contributed by atoms with E-state index in [1.807, 2.05) is 6.92 Å². The summed E-state index contributed by atoms with van der Waals surface area (Å²) in [5, 5.41) is 2.73. The van der Waals surface area contributed by atoms with E-state index in [1.165, 1.54) is 0 Å². The number of carbonyl (C=O) groups is 2. The molecule has 0 atom stereocenters. The summed E-state index contributed by atoms with van der Waals surface area (Å²) < 4.78 is 5.31. The number of halogens is 1. The fourth-order valence-electron chi connectivity index (χ4n) is 1.69. The van der Waals surface area contributed by atoms with Crippen molar-refractivity contribution in [3.8, 4) is 5.75 Å². The highest BCUT2D eigenvalue weighted by Gasteiger charge is 2.09. The average molecular weight is 315 g/mol. The molecule has 0 unspecified atom stereocenters. The molecule has 0 spiro atoms. The minimum Gasteiger partial charge on any atom is -0.494 e. The quantitative estimate of drug-likeness (QED) is 0.539. The van der Waals surface area contributed by atoms with E-state index in [9.17, 15) is 9.59 Å². The second kappa shape index (κ2) is 11.1. The molecule has 0 saturated carbocycles. The lowest BCUT2D eigenvalue weighted by Crippen LogP contribution is -2.26. The molecule has 6 heteroatoms. The Bertz CT molecular complexity index is 435. The van der Waals surface area contributed by atoms with Gasteiger partial charge in [0.1, 0.15) is 5.75 Å². The number of amides is 1. The third kappa shape index (κ3) is 7.68. The lowest BCUT2D eigenvalue weighted by Gasteiger charge is -2.05. The summed E-state index contributed by atoms with van der Waals surface area (Å²) in [5.41, 5.74) is 5.93. The van der Waals surface area contributed by atoms with E-state index in [2.05, 4.69) is 5.32 Å². The number of hydrogen-bond acceptors (Lipinski definition) is 4. The molecule has 3 N–H and O–H groups in total. The fourth-order valence-corrected chi connectivity index (χ4v) is 1.69. The number of benzene rings is 1. The molecule has 1 amide bonds. The Hall–Kier alpha value is -1.59. The van der Waals surface area contributed by atoms with Crippen molar-refractivity contribution in [1.29, 1.82) is 0 Å². The summed E-state index contributed by atoms with van der Waals surface area (Å²) >= 11 is 0. The van der Waals surface area contributed by atoms with E-state index < -0.39 is 0 Å². The largest absolute Gasteiger partial charge is 0.494 e. The van der Waals surface area contributed by atoms with Crippen molar-refractivity contribution in [1.82, 2.24) is 5.32 Å². The highest BCUT2D eigenvalue weighted by molar-refractivity contribution is 5.98. The first-order valence-electron chi connectivity index (χ1n) is 6.90. The SMILES string of the molecule is CCOc1ccc(C(=O)CCC(=O)NCCCN)cc1.Cl. The van der Waals surface area contributed by atoms with Gasteiger partial charge in [-0.3, -0.25) is 9.59 Å². The van der Waals surface area contributed by atoms with E-state index in [0.717, 1.165) is 12.2 Å². The zero-order valence-electron chi connectivity index (χ0n) is 12.3. The lowest BCUT2D eigenvalue weighted by atomic mass is 10.1. The van der Waals surface area contributed by atoms with Gasteiger partial charge in [0.2, 0.25) is 5.91 Å². The minimum absolute atomic E-state index is 0. The molecule has 0 fully saturated rings. The van der Waals surface area contributed by atoms with Gasteiger partial charge in [-0.15, -0.1) is 12.4 Å². The summed E-state index contributed by atoms with van der Waals surface area (Å²) in [5.74, 6) is 0.586. The smallest absolute Gasteiger partial charge is 0.220 e. The molecule has 21 heavy (non-hydrogen) atoms. The van der Waals surface area contributed by atoms with Crippen LogP contribution in [0.4, 0.5) is 0 Å². The molecule has 0 saturated heterocycles. The van der Waals surface area contributed by atoms with Crippen LogP contribution in [-0.4, -0.2) is 31.4 Å². The van der Waals surface area contributed by atoms with Crippen LogP contribution in [0.2, 0.25) is 0 Å².